The van der Waals surface area contributed by atoms with E-state index in [2.05, 4.69) is 10.3 Å². The van der Waals surface area contributed by atoms with Crippen molar-refractivity contribution >= 4 is 11.7 Å². The number of amides is 1. The Balaban J connectivity index is 1.57. The van der Waals surface area contributed by atoms with Gasteiger partial charge in [0.15, 0.2) is 0 Å². The molecule has 0 aliphatic heterocycles. The van der Waals surface area contributed by atoms with Gasteiger partial charge < -0.3 is 10.1 Å². The maximum atomic E-state index is 12.9. The van der Waals surface area contributed by atoms with Crippen LogP contribution in [0.2, 0.25) is 0 Å². The predicted octanol–water partition coefficient (Wildman–Crippen LogP) is 3.98. The zero-order valence-electron chi connectivity index (χ0n) is 13.5. The second-order valence-electron chi connectivity index (χ2n) is 5.50. The predicted molar refractivity (Wildman–Crippen MR) is 93.7 cm³/mol. The van der Waals surface area contributed by atoms with Crippen LogP contribution in [0.5, 0.6) is 5.75 Å². The largest absolute Gasteiger partial charge is 0.489 e. The number of anilines is 1. The van der Waals surface area contributed by atoms with Crippen molar-refractivity contribution in [3.63, 3.8) is 0 Å². The van der Waals surface area contributed by atoms with E-state index in [9.17, 15) is 9.18 Å². The highest BCUT2D eigenvalue weighted by atomic mass is 19.1. The Kier molecular flexibility index (Phi) is 5.36. The van der Waals surface area contributed by atoms with E-state index >= 15 is 0 Å². The van der Waals surface area contributed by atoms with Crippen LogP contribution >= 0.6 is 0 Å². The molecule has 4 nitrogen and oxygen atoms in total. The molecule has 0 spiro atoms. The fourth-order valence-electron chi connectivity index (χ4n) is 2.28. The van der Waals surface area contributed by atoms with Crippen LogP contribution in [0, 0.1) is 5.82 Å². The van der Waals surface area contributed by atoms with E-state index in [1.807, 2.05) is 30.3 Å². The summed E-state index contributed by atoms with van der Waals surface area (Å²) in [5, 5.41) is 2.76. The minimum Gasteiger partial charge on any atom is -0.489 e. The van der Waals surface area contributed by atoms with Crippen molar-refractivity contribution in [3.05, 3.63) is 89.9 Å². The Morgan fingerprint density at radius 3 is 2.52 bits per heavy atom. The van der Waals surface area contributed by atoms with Crippen molar-refractivity contribution in [1.82, 2.24) is 4.98 Å². The summed E-state index contributed by atoms with van der Waals surface area (Å²) in [5.74, 6) is 0.581. The first kappa shape index (κ1) is 16.6. The Hall–Kier alpha value is -3.21. The average Bonchev–Trinajstić information content (AvgIpc) is 2.62. The smallest absolute Gasteiger partial charge is 0.229 e. The Bertz CT molecular complexity index is 836. The number of pyridine rings is 1. The number of rotatable bonds is 6. The number of nitrogens with one attached hydrogen (secondary N) is 1. The van der Waals surface area contributed by atoms with Crippen molar-refractivity contribution in [2.45, 2.75) is 13.0 Å². The van der Waals surface area contributed by atoms with Gasteiger partial charge in [-0.1, -0.05) is 42.5 Å². The molecule has 0 saturated heterocycles. The maximum Gasteiger partial charge on any atom is 0.229 e. The topological polar surface area (TPSA) is 51.2 Å². The summed E-state index contributed by atoms with van der Waals surface area (Å²) in [6.45, 7) is 0.307. The van der Waals surface area contributed by atoms with Crippen molar-refractivity contribution in [2.24, 2.45) is 0 Å². The molecule has 1 N–H and O–H groups in total. The van der Waals surface area contributed by atoms with E-state index in [0.29, 0.717) is 18.2 Å². The van der Waals surface area contributed by atoms with Gasteiger partial charge in [0.05, 0.1) is 6.42 Å². The summed E-state index contributed by atoms with van der Waals surface area (Å²) >= 11 is 0. The summed E-state index contributed by atoms with van der Waals surface area (Å²) in [6, 6.07) is 19.0. The molecule has 2 aromatic carbocycles. The molecule has 0 bridgehead atoms. The molecule has 1 aromatic heterocycles. The van der Waals surface area contributed by atoms with E-state index in [0.717, 1.165) is 11.1 Å². The number of benzene rings is 2. The lowest BCUT2D eigenvalue weighted by molar-refractivity contribution is -0.115. The molecule has 1 heterocycles. The molecule has 0 atom stereocenters. The van der Waals surface area contributed by atoms with Crippen LogP contribution in [-0.2, 0) is 17.8 Å². The molecule has 0 aliphatic rings. The fraction of sp³-hybridized carbons (Fsp3) is 0.100. The standard InChI is InChI=1S/C20H17FN2O2/c21-17-8-6-16(7-9-17)14-25-18-10-11-22-19(13-18)23-20(24)12-15-4-2-1-3-5-15/h1-11,13H,12,14H2,(H,22,23,24). The average molecular weight is 336 g/mol. The molecule has 0 saturated carbocycles. The number of hydrogen-bond donors (Lipinski definition) is 1. The van der Waals surface area contributed by atoms with Crippen LogP contribution in [0.3, 0.4) is 0 Å². The lowest BCUT2D eigenvalue weighted by atomic mass is 10.1. The van der Waals surface area contributed by atoms with Gasteiger partial charge >= 0.3 is 0 Å². The van der Waals surface area contributed by atoms with Crippen LogP contribution in [0.25, 0.3) is 0 Å². The highest BCUT2D eigenvalue weighted by molar-refractivity contribution is 5.91. The molecule has 0 fully saturated rings. The quantitative estimate of drug-likeness (QED) is 0.741. The van der Waals surface area contributed by atoms with E-state index in [-0.39, 0.29) is 18.1 Å². The van der Waals surface area contributed by atoms with Crippen LogP contribution < -0.4 is 10.1 Å². The Morgan fingerprint density at radius 2 is 1.76 bits per heavy atom. The summed E-state index contributed by atoms with van der Waals surface area (Å²) in [6.07, 6.45) is 1.85. The van der Waals surface area contributed by atoms with Gasteiger partial charge in [0.1, 0.15) is 24.0 Å². The van der Waals surface area contributed by atoms with Crippen LogP contribution in [-0.4, -0.2) is 10.9 Å². The van der Waals surface area contributed by atoms with Crippen molar-refractivity contribution in [3.8, 4) is 5.75 Å². The second kappa shape index (κ2) is 8.06. The van der Waals surface area contributed by atoms with Crippen molar-refractivity contribution in [2.75, 3.05) is 5.32 Å². The number of ether oxygens (including phenoxy) is 1. The van der Waals surface area contributed by atoms with Gasteiger partial charge in [0.25, 0.3) is 0 Å². The van der Waals surface area contributed by atoms with Crippen molar-refractivity contribution < 1.29 is 13.9 Å². The van der Waals surface area contributed by atoms with Gasteiger partial charge in [-0.2, -0.15) is 0 Å². The van der Waals surface area contributed by atoms with Crippen LogP contribution in [0.4, 0.5) is 10.2 Å². The van der Waals surface area contributed by atoms with Gasteiger partial charge in [-0.15, -0.1) is 0 Å². The third-order valence-electron chi connectivity index (χ3n) is 3.53. The monoisotopic (exact) mass is 336 g/mol. The number of halogens is 1. The highest BCUT2D eigenvalue weighted by Crippen LogP contribution is 2.17. The molecule has 1 amide bonds. The number of hydrogen-bond acceptors (Lipinski definition) is 3. The minimum absolute atomic E-state index is 0.144. The normalized spacial score (nSPS) is 10.3. The minimum atomic E-state index is -0.281. The van der Waals surface area contributed by atoms with Crippen molar-refractivity contribution in [1.29, 1.82) is 0 Å². The second-order valence-corrected chi connectivity index (χ2v) is 5.50. The maximum absolute atomic E-state index is 12.9. The fourth-order valence-corrected chi connectivity index (χ4v) is 2.28. The van der Waals surface area contributed by atoms with Crippen LogP contribution in [0.1, 0.15) is 11.1 Å². The first-order chi connectivity index (χ1) is 12.2. The molecular formula is C20H17FN2O2. The lowest BCUT2D eigenvalue weighted by Gasteiger charge is -2.09. The van der Waals surface area contributed by atoms with Gasteiger partial charge in [0.2, 0.25) is 5.91 Å². The molecule has 5 heteroatoms. The Morgan fingerprint density at radius 1 is 1.00 bits per heavy atom. The van der Waals surface area contributed by atoms with E-state index < -0.39 is 0 Å². The molecular weight excluding hydrogens is 319 g/mol. The lowest BCUT2D eigenvalue weighted by Crippen LogP contribution is -2.15. The third-order valence-corrected chi connectivity index (χ3v) is 3.53. The molecule has 0 radical (unpaired) electrons. The molecule has 25 heavy (non-hydrogen) atoms. The summed E-state index contributed by atoms with van der Waals surface area (Å²) in [5.41, 5.74) is 1.79. The first-order valence-corrected chi connectivity index (χ1v) is 7.86. The molecule has 0 aliphatic carbocycles. The third kappa shape index (κ3) is 5.14. The van der Waals surface area contributed by atoms with Crippen LogP contribution in [0.15, 0.2) is 72.9 Å². The molecule has 3 aromatic rings. The van der Waals surface area contributed by atoms with E-state index in [1.54, 1.807) is 30.5 Å². The molecule has 0 unspecified atom stereocenters. The van der Waals surface area contributed by atoms with Gasteiger partial charge in [0, 0.05) is 12.3 Å². The summed E-state index contributed by atoms with van der Waals surface area (Å²) in [4.78, 5) is 16.2. The molecule has 126 valence electrons. The SMILES string of the molecule is O=C(Cc1ccccc1)Nc1cc(OCc2ccc(F)cc2)ccn1. The number of aromatic nitrogens is 1. The zero-order chi connectivity index (χ0) is 17.5. The summed E-state index contributed by atoms with van der Waals surface area (Å²) in [7, 11) is 0. The zero-order valence-corrected chi connectivity index (χ0v) is 13.5. The highest BCUT2D eigenvalue weighted by Gasteiger charge is 2.06. The Labute approximate surface area is 145 Å². The molecule has 3 rings (SSSR count). The number of carbonyl (C=O) groups is 1. The van der Waals surface area contributed by atoms with Gasteiger partial charge in [-0.05, 0) is 29.3 Å². The van der Waals surface area contributed by atoms with Gasteiger partial charge in [-0.25, -0.2) is 9.37 Å². The number of nitrogens with zero attached hydrogens (tertiary/aromatic N) is 1. The van der Waals surface area contributed by atoms with Gasteiger partial charge in [-0.3, -0.25) is 4.79 Å². The number of carbonyl (C=O) groups excluding carboxylic acids is 1. The van der Waals surface area contributed by atoms with E-state index in [4.69, 9.17) is 4.74 Å². The summed E-state index contributed by atoms with van der Waals surface area (Å²) < 4.78 is 18.5. The van der Waals surface area contributed by atoms with E-state index in [1.165, 1.54) is 12.1 Å². The first-order valence-electron chi connectivity index (χ1n) is 7.86.